The zero-order valence-electron chi connectivity index (χ0n) is 13.9. The Labute approximate surface area is 155 Å². The van der Waals surface area contributed by atoms with Gasteiger partial charge in [0.2, 0.25) is 17.6 Å². The molecule has 2 N–H and O–H groups in total. The lowest BCUT2D eigenvalue weighted by atomic mass is 9.93. The van der Waals surface area contributed by atoms with Gasteiger partial charge >= 0.3 is 0 Å². The van der Waals surface area contributed by atoms with Crippen LogP contribution in [0.15, 0.2) is 53.1 Å². The Morgan fingerprint density at radius 2 is 1.92 bits per heavy atom. The molecule has 6 nitrogen and oxygen atoms in total. The first-order valence-corrected chi connectivity index (χ1v) is 8.67. The first-order chi connectivity index (χ1) is 12.6. The minimum absolute atomic E-state index is 0.347. The quantitative estimate of drug-likeness (QED) is 0.765. The van der Waals surface area contributed by atoms with Crippen LogP contribution in [0, 0.1) is 0 Å². The van der Waals surface area contributed by atoms with Crippen molar-refractivity contribution in [2.75, 3.05) is 0 Å². The fourth-order valence-corrected chi connectivity index (χ4v) is 3.49. The Morgan fingerprint density at radius 3 is 2.69 bits per heavy atom. The highest BCUT2D eigenvalue weighted by atomic mass is 35.5. The van der Waals surface area contributed by atoms with E-state index in [2.05, 4.69) is 16.2 Å². The Balaban J connectivity index is 1.58. The van der Waals surface area contributed by atoms with E-state index in [0.717, 1.165) is 5.56 Å². The second-order valence-corrected chi connectivity index (χ2v) is 6.69. The van der Waals surface area contributed by atoms with Gasteiger partial charge in [0.05, 0.1) is 17.6 Å². The predicted octanol–water partition coefficient (Wildman–Crippen LogP) is 2.80. The van der Waals surface area contributed by atoms with Crippen LogP contribution in [0.2, 0.25) is 5.02 Å². The Morgan fingerprint density at radius 1 is 1.19 bits per heavy atom. The van der Waals surface area contributed by atoms with Gasteiger partial charge in [0, 0.05) is 12.1 Å². The molecule has 1 aliphatic heterocycles. The molecule has 4 rings (SSSR count). The zero-order valence-corrected chi connectivity index (χ0v) is 14.7. The van der Waals surface area contributed by atoms with E-state index in [1.54, 1.807) is 6.07 Å². The number of benzene rings is 2. The highest BCUT2D eigenvalue weighted by molar-refractivity contribution is 6.33. The Bertz CT molecular complexity index is 956. The third-order valence-corrected chi connectivity index (χ3v) is 4.93. The second kappa shape index (κ2) is 6.90. The fourth-order valence-electron chi connectivity index (χ4n) is 3.27. The van der Waals surface area contributed by atoms with Gasteiger partial charge in [-0.05, 0) is 29.7 Å². The smallest absolute Gasteiger partial charge is 0.241 e. The summed E-state index contributed by atoms with van der Waals surface area (Å²) in [7, 11) is 0. The summed E-state index contributed by atoms with van der Waals surface area (Å²) in [6.45, 7) is 0.951. The van der Waals surface area contributed by atoms with Crippen molar-refractivity contribution < 1.29 is 9.32 Å². The van der Waals surface area contributed by atoms with Gasteiger partial charge in [-0.15, -0.1) is 0 Å². The monoisotopic (exact) mass is 368 g/mol. The van der Waals surface area contributed by atoms with Crippen molar-refractivity contribution in [2.24, 2.45) is 5.73 Å². The average Bonchev–Trinajstić information content (AvgIpc) is 3.09. The maximum atomic E-state index is 11.9. The van der Waals surface area contributed by atoms with Crippen molar-refractivity contribution in [1.82, 2.24) is 15.0 Å². The largest absolute Gasteiger partial charge is 0.368 e. The molecule has 0 saturated carbocycles. The molecule has 0 fully saturated rings. The molecule has 26 heavy (non-hydrogen) atoms. The van der Waals surface area contributed by atoms with Crippen LogP contribution in [-0.4, -0.2) is 27.0 Å². The maximum absolute atomic E-state index is 11.9. The lowest BCUT2D eigenvalue weighted by molar-refractivity contribution is -0.124. The van der Waals surface area contributed by atoms with Gasteiger partial charge in [-0.1, -0.05) is 53.2 Å². The minimum atomic E-state index is -0.402. The average molecular weight is 369 g/mol. The van der Waals surface area contributed by atoms with Gasteiger partial charge in [0.1, 0.15) is 0 Å². The lowest BCUT2D eigenvalue weighted by Gasteiger charge is -2.33. The van der Waals surface area contributed by atoms with Crippen LogP contribution in [0.3, 0.4) is 0 Å². The Hall–Kier alpha value is -2.70. The van der Waals surface area contributed by atoms with Gasteiger partial charge in [0.15, 0.2) is 0 Å². The van der Waals surface area contributed by atoms with Gasteiger partial charge in [0.25, 0.3) is 0 Å². The number of aromatic nitrogens is 2. The minimum Gasteiger partial charge on any atom is -0.368 e. The summed E-state index contributed by atoms with van der Waals surface area (Å²) in [6.07, 6.45) is 0.580. The highest BCUT2D eigenvalue weighted by Gasteiger charge is 2.31. The van der Waals surface area contributed by atoms with Gasteiger partial charge in [-0.25, -0.2) is 0 Å². The number of primary amides is 1. The van der Waals surface area contributed by atoms with E-state index in [9.17, 15) is 4.79 Å². The SMILES string of the molecule is NC(=O)[C@H]1Cc2ccccc2CN1Cc1nc(-c2ccccc2Cl)no1. The van der Waals surface area contributed by atoms with Crippen LogP contribution in [0.4, 0.5) is 0 Å². The van der Waals surface area contributed by atoms with Crippen LogP contribution in [0.1, 0.15) is 17.0 Å². The topological polar surface area (TPSA) is 85.3 Å². The number of hydrogen-bond donors (Lipinski definition) is 1. The molecule has 7 heteroatoms. The normalized spacial score (nSPS) is 17.0. The molecule has 1 amide bonds. The van der Waals surface area contributed by atoms with Crippen molar-refractivity contribution in [3.8, 4) is 11.4 Å². The summed E-state index contributed by atoms with van der Waals surface area (Å²) >= 11 is 6.19. The van der Waals surface area contributed by atoms with E-state index < -0.39 is 6.04 Å². The molecular weight excluding hydrogens is 352 g/mol. The number of nitrogens with two attached hydrogens (primary N) is 1. The standard InChI is InChI=1S/C19H17ClN4O2/c20-15-8-4-3-7-14(15)19-22-17(26-23-19)11-24-10-13-6-2-1-5-12(13)9-16(24)18(21)25/h1-8,16H,9-11H2,(H2,21,25)/t16-/m1/s1. The lowest BCUT2D eigenvalue weighted by Crippen LogP contribution is -2.48. The van der Waals surface area contributed by atoms with Crippen LogP contribution in [-0.2, 0) is 24.3 Å². The molecule has 1 aromatic heterocycles. The van der Waals surface area contributed by atoms with E-state index in [1.807, 2.05) is 41.3 Å². The number of carbonyl (C=O) groups excluding carboxylic acids is 1. The van der Waals surface area contributed by atoms with Crippen LogP contribution in [0.5, 0.6) is 0 Å². The van der Waals surface area contributed by atoms with E-state index in [0.29, 0.717) is 41.8 Å². The predicted molar refractivity (Wildman–Crippen MR) is 97.1 cm³/mol. The van der Waals surface area contributed by atoms with Crippen LogP contribution >= 0.6 is 11.6 Å². The van der Waals surface area contributed by atoms with E-state index >= 15 is 0 Å². The molecule has 0 bridgehead atoms. The third kappa shape index (κ3) is 3.21. The summed E-state index contributed by atoms with van der Waals surface area (Å²) in [4.78, 5) is 18.3. The third-order valence-electron chi connectivity index (χ3n) is 4.60. The molecule has 1 atom stereocenters. The van der Waals surface area contributed by atoms with Gasteiger partial charge < -0.3 is 10.3 Å². The van der Waals surface area contributed by atoms with Crippen molar-refractivity contribution in [1.29, 1.82) is 0 Å². The highest BCUT2D eigenvalue weighted by Crippen LogP contribution is 2.27. The van der Waals surface area contributed by atoms with Crippen molar-refractivity contribution in [3.63, 3.8) is 0 Å². The number of carbonyl (C=O) groups is 1. The summed E-state index contributed by atoms with van der Waals surface area (Å²) < 4.78 is 5.38. The molecule has 3 aromatic rings. The molecule has 0 saturated heterocycles. The summed E-state index contributed by atoms with van der Waals surface area (Å²) in [5.74, 6) is 0.495. The molecule has 0 aliphatic carbocycles. The molecule has 0 spiro atoms. The van der Waals surface area contributed by atoms with Crippen LogP contribution in [0.25, 0.3) is 11.4 Å². The maximum Gasteiger partial charge on any atom is 0.241 e. The summed E-state index contributed by atoms with van der Waals surface area (Å²) in [5.41, 5.74) is 8.65. The van der Waals surface area contributed by atoms with Crippen LogP contribution < -0.4 is 5.73 Å². The van der Waals surface area contributed by atoms with Gasteiger partial charge in [-0.3, -0.25) is 9.69 Å². The fraction of sp³-hybridized carbons (Fsp3) is 0.211. The molecule has 2 heterocycles. The first-order valence-electron chi connectivity index (χ1n) is 8.29. The number of amides is 1. The van der Waals surface area contributed by atoms with E-state index in [4.69, 9.17) is 21.9 Å². The number of nitrogens with zero attached hydrogens (tertiary/aromatic N) is 3. The second-order valence-electron chi connectivity index (χ2n) is 6.29. The molecule has 0 radical (unpaired) electrons. The van der Waals surface area contributed by atoms with E-state index in [-0.39, 0.29) is 5.91 Å². The molecule has 132 valence electrons. The Kier molecular flexibility index (Phi) is 4.44. The number of halogens is 1. The number of hydrogen-bond acceptors (Lipinski definition) is 5. The van der Waals surface area contributed by atoms with Crippen molar-refractivity contribution in [3.05, 3.63) is 70.6 Å². The summed E-state index contributed by atoms with van der Waals surface area (Å²) in [5, 5.41) is 4.57. The first kappa shape index (κ1) is 16.8. The molecule has 0 unspecified atom stereocenters. The zero-order chi connectivity index (χ0) is 18.1. The van der Waals surface area contributed by atoms with Crippen molar-refractivity contribution in [2.45, 2.75) is 25.6 Å². The van der Waals surface area contributed by atoms with Crippen molar-refractivity contribution >= 4 is 17.5 Å². The van der Waals surface area contributed by atoms with Gasteiger partial charge in [-0.2, -0.15) is 4.98 Å². The number of fused-ring (bicyclic) bond motifs is 1. The molecular formula is C19H17ClN4O2. The molecule has 1 aliphatic rings. The molecule has 2 aromatic carbocycles. The van der Waals surface area contributed by atoms with E-state index in [1.165, 1.54) is 5.56 Å². The summed E-state index contributed by atoms with van der Waals surface area (Å²) in [6, 6.07) is 15.0. The number of rotatable bonds is 4.